The van der Waals surface area contributed by atoms with Crippen molar-refractivity contribution in [1.29, 1.82) is 0 Å². The minimum Gasteiger partial charge on any atom is -0.381 e. The Kier molecular flexibility index (Phi) is 5.46. The van der Waals surface area contributed by atoms with E-state index in [0.717, 1.165) is 31.1 Å². The molecule has 1 aliphatic carbocycles. The number of ether oxygens (including phenoxy) is 1. The van der Waals surface area contributed by atoms with Gasteiger partial charge < -0.3 is 15.0 Å². The molecule has 1 saturated heterocycles. The Balaban J connectivity index is 1.66. The monoisotopic (exact) mass is 254 g/mol. The van der Waals surface area contributed by atoms with E-state index in [-0.39, 0.29) is 0 Å². The van der Waals surface area contributed by atoms with Gasteiger partial charge in [0.05, 0.1) is 0 Å². The first-order chi connectivity index (χ1) is 8.66. The third-order valence-electron chi connectivity index (χ3n) is 4.71. The highest BCUT2D eigenvalue weighted by Crippen LogP contribution is 2.21. The molecule has 0 aromatic heterocycles. The van der Waals surface area contributed by atoms with E-state index >= 15 is 0 Å². The summed E-state index contributed by atoms with van der Waals surface area (Å²) in [5.74, 6) is 1.57. The second kappa shape index (κ2) is 6.88. The van der Waals surface area contributed by atoms with Crippen molar-refractivity contribution < 1.29 is 4.74 Å². The third kappa shape index (κ3) is 4.52. The number of nitrogens with zero attached hydrogens (tertiary/aromatic N) is 1. The van der Waals surface area contributed by atoms with Crippen molar-refractivity contribution in [3.8, 4) is 0 Å². The Morgan fingerprint density at radius 2 is 1.83 bits per heavy atom. The first-order valence-corrected chi connectivity index (χ1v) is 7.68. The summed E-state index contributed by atoms with van der Waals surface area (Å²) in [4.78, 5) is 2.55. The zero-order chi connectivity index (χ0) is 13.0. The van der Waals surface area contributed by atoms with Crippen LogP contribution in [0.1, 0.15) is 39.5 Å². The molecular weight excluding hydrogens is 224 g/mol. The molecule has 18 heavy (non-hydrogen) atoms. The fourth-order valence-electron chi connectivity index (χ4n) is 2.75. The highest BCUT2D eigenvalue weighted by atomic mass is 16.5. The Hall–Kier alpha value is -0.120. The smallest absolute Gasteiger partial charge is 0.0469 e. The van der Waals surface area contributed by atoms with Crippen LogP contribution in [-0.4, -0.2) is 50.3 Å². The normalized spacial score (nSPS) is 25.3. The van der Waals surface area contributed by atoms with Crippen molar-refractivity contribution in [2.45, 2.75) is 51.6 Å². The van der Waals surface area contributed by atoms with Crippen molar-refractivity contribution >= 4 is 0 Å². The molecule has 3 nitrogen and oxygen atoms in total. The van der Waals surface area contributed by atoms with Gasteiger partial charge in [-0.1, -0.05) is 6.92 Å². The Morgan fingerprint density at radius 1 is 1.17 bits per heavy atom. The van der Waals surface area contributed by atoms with Gasteiger partial charge in [0.1, 0.15) is 0 Å². The molecule has 0 spiro atoms. The van der Waals surface area contributed by atoms with Gasteiger partial charge in [0, 0.05) is 31.8 Å². The number of nitrogens with one attached hydrogen (secondary N) is 1. The molecule has 1 saturated carbocycles. The van der Waals surface area contributed by atoms with Crippen molar-refractivity contribution in [2.24, 2.45) is 11.8 Å². The summed E-state index contributed by atoms with van der Waals surface area (Å²) in [6.07, 6.45) is 5.26. The van der Waals surface area contributed by atoms with E-state index in [1.54, 1.807) is 0 Å². The van der Waals surface area contributed by atoms with E-state index in [0.29, 0.717) is 6.04 Å². The van der Waals surface area contributed by atoms with Gasteiger partial charge in [-0.15, -0.1) is 0 Å². The topological polar surface area (TPSA) is 24.5 Å². The molecule has 2 unspecified atom stereocenters. The molecule has 0 aromatic carbocycles. The van der Waals surface area contributed by atoms with Crippen molar-refractivity contribution in [3.63, 3.8) is 0 Å². The van der Waals surface area contributed by atoms with E-state index in [4.69, 9.17) is 4.74 Å². The van der Waals surface area contributed by atoms with Gasteiger partial charge in [0.2, 0.25) is 0 Å². The lowest BCUT2D eigenvalue weighted by atomic mass is 9.96. The van der Waals surface area contributed by atoms with Crippen molar-refractivity contribution in [3.05, 3.63) is 0 Å². The molecule has 1 heterocycles. The maximum Gasteiger partial charge on any atom is 0.0469 e. The first-order valence-electron chi connectivity index (χ1n) is 7.68. The van der Waals surface area contributed by atoms with Gasteiger partial charge in [-0.25, -0.2) is 0 Å². The lowest BCUT2D eigenvalue weighted by Crippen LogP contribution is -2.42. The average Bonchev–Trinajstić information content (AvgIpc) is 3.20. The van der Waals surface area contributed by atoms with Crippen LogP contribution in [0.25, 0.3) is 0 Å². The highest BCUT2D eigenvalue weighted by molar-refractivity contribution is 4.83. The lowest BCUT2D eigenvalue weighted by Gasteiger charge is -2.34. The van der Waals surface area contributed by atoms with Crippen LogP contribution in [-0.2, 0) is 4.74 Å². The molecule has 0 aromatic rings. The van der Waals surface area contributed by atoms with Crippen LogP contribution < -0.4 is 5.32 Å². The predicted octanol–water partition coefficient (Wildman–Crippen LogP) is 2.12. The van der Waals surface area contributed by atoms with Crippen LogP contribution in [0.5, 0.6) is 0 Å². The van der Waals surface area contributed by atoms with Gasteiger partial charge in [0.25, 0.3) is 0 Å². The Labute approximate surface area is 112 Å². The number of hydrogen-bond acceptors (Lipinski definition) is 3. The third-order valence-corrected chi connectivity index (χ3v) is 4.71. The summed E-state index contributed by atoms with van der Waals surface area (Å²) in [5.41, 5.74) is 0. The fourth-order valence-corrected chi connectivity index (χ4v) is 2.75. The predicted molar refractivity (Wildman–Crippen MR) is 75.8 cm³/mol. The van der Waals surface area contributed by atoms with Crippen LogP contribution in [0, 0.1) is 11.8 Å². The van der Waals surface area contributed by atoms with Crippen molar-refractivity contribution in [2.75, 3.05) is 33.4 Å². The molecule has 2 atom stereocenters. The van der Waals surface area contributed by atoms with E-state index in [2.05, 4.69) is 31.1 Å². The second-order valence-electron chi connectivity index (χ2n) is 6.40. The first kappa shape index (κ1) is 14.3. The minimum absolute atomic E-state index is 0.666. The lowest BCUT2D eigenvalue weighted by molar-refractivity contribution is 0.0475. The average molecular weight is 254 g/mol. The van der Waals surface area contributed by atoms with E-state index in [1.165, 1.54) is 38.8 Å². The van der Waals surface area contributed by atoms with E-state index in [9.17, 15) is 0 Å². The molecular formula is C15H30N2O. The highest BCUT2D eigenvalue weighted by Gasteiger charge is 2.25. The molecule has 0 amide bonds. The van der Waals surface area contributed by atoms with Crippen LogP contribution in [0.4, 0.5) is 0 Å². The van der Waals surface area contributed by atoms with Crippen LogP contribution in [0.3, 0.4) is 0 Å². The maximum absolute atomic E-state index is 5.43. The molecule has 0 radical (unpaired) electrons. The molecule has 106 valence electrons. The zero-order valence-electron chi connectivity index (χ0n) is 12.3. The van der Waals surface area contributed by atoms with Crippen LogP contribution >= 0.6 is 0 Å². The maximum atomic E-state index is 5.43. The standard InChI is InChI=1S/C15H30N2O/c1-12(10-16-15-4-5-15)13(2)17(3)11-14-6-8-18-9-7-14/h12-16H,4-11H2,1-3H3. The van der Waals surface area contributed by atoms with Gasteiger partial charge in [-0.2, -0.15) is 0 Å². The molecule has 3 heteroatoms. The number of hydrogen-bond donors (Lipinski definition) is 1. The van der Waals surface area contributed by atoms with E-state index < -0.39 is 0 Å². The van der Waals surface area contributed by atoms with Gasteiger partial charge in [-0.05, 0) is 58.0 Å². The minimum atomic E-state index is 0.666. The fraction of sp³-hybridized carbons (Fsp3) is 1.00. The summed E-state index contributed by atoms with van der Waals surface area (Å²) in [6.45, 7) is 9.08. The molecule has 2 aliphatic rings. The summed E-state index contributed by atoms with van der Waals surface area (Å²) < 4.78 is 5.43. The summed E-state index contributed by atoms with van der Waals surface area (Å²) in [6, 6.07) is 1.50. The summed E-state index contributed by atoms with van der Waals surface area (Å²) in [7, 11) is 2.29. The van der Waals surface area contributed by atoms with Crippen molar-refractivity contribution in [1.82, 2.24) is 10.2 Å². The molecule has 1 aliphatic heterocycles. The van der Waals surface area contributed by atoms with Crippen LogP contribution in [0.2, 0.25) is 0 Å². The molecule has 1 N–H and O–H groups in total. The van der Waals surface area contributed by atoms with E-state index in [1.807, 2.05) is 0 Å². The molecule has 2 fully saturated rings. The Morgan fingerprint density at radius 3 is 2.44 bits per heavy atom. The summed E-state index contributed by atoms with van der Waals surface area (Å²) >= 11 is 0. The SMILES string of the molecule is CC(CNC1CC1)C(C)N(C)CC1CCOCC1. The quantitative estimate of drug-likeness (QED) is 0.753. The second-order valence-corrected chi connectivity index (χ2v) is 6.40. The van der Waals surface area contributed by atoms with Gasteiger partial charge >= 0.3 is 0 Å². The summed E-state index contributed by atoms with van der Waals surface area (Å²) in [5, 5.41) is 3.65. The molecule has 0 bridgehead atoms. The van der Waals surface area contributed by atoms with Gasteiger partial charge in [0.15, 0.2) is 0 Å². The zero-order valence-corrected chi connectivity index (χ0v) is 12.3. The largest absolute Gasteiger partial charge is 0.381 e. The van der Waals surface area contributed by atoms with Gasteiger partial charge in [-0.3, -0.25) is 0 Å². The molecule has 2 rings (SSSR count). The van der Waals surface area contributed by atoms with Crippen LogP contribution in [0.15, 0.2) is 0 Å². The number of rotatable bonds is 7. The Bertz CT molecular complexity index is 237.